The summed E-state index contributed by atoms with van der Waals surface area (Å²) in [5.74, 6) is 0. The minimum Gasteiger partial charge on any atom is -0.311 e. The van der Waals surface area contributed by atoms with E-state index < -0.39 is 6.85 Å². The van der Waals surface area contributed by atoms with Crippen LogP contribution in [0, 0.1) is 13.8 Å². The van der Waals surface area contributed by atoms with Crippen LogP contribution in [-0.2, 0) is 21.7 Å². The highest BCUT2D eigenvalue weighted by atomic mass is 15.2. The van der Waals surface area contributed by atoms with Crippen molar-refractivity contribution < 1.29 is 4.11 Å². The minimum atomic E-state index is -2.38. The molecule has 310 valence electrons. The first-order valence-electron chi connectivity index (χ1n) is 24.0. The summed E-state index contributed by atoms with van der Waals surface area (Å²) in [6, 6.07) is 51.0. The molecular weight excluding hydrogens is 747 g/mol. The molecule has 0 saturated carbocycles. The lowest BCUT2D eigenvalue weighted by Crippen LogP contribution is -2.62. The van der Waals surface area contributed by atoms with E-state index in [0.717, 1.165) is 73.8 Å². The summed E-state index contributed by atoms with van der Waals surface area (Å²) < 4.78 is 27.3. The molecule has 0 unspecified atom stereocenters. The van der Waals surface area contributed by atoms with Crippen molar-refractivity contribution in [1.82, 2.24) is 0 Å². The number of rotatable bonds is 4. The third-order valence-corrected chi connectivity index (χ3v) is 14.2. The van der Waals surface area contributed by atoms with Gasteiger partial charge in [0.1, 0.15) is 0 Å². The molecule has 3 heteroatoms. The van der Waals surface area contributed by atoms with Crippen LogP contribution in [0.3, 0.4) is 0 Å². The number of hydrogen-bond donors (Lipinski definition) is 0. The first kappa shape index (κ1) is 36.8. The summed E-state index contributed by atoms with van der Waals surface area (Å²) in [7, 11) is 0. The van der Waals surface area contributed by atoms with Crippen LogP contribution in [0.1, 0.15) is 113 Å². The average molecular weight is 812 g/mol. The molecule has 62 heavy (non-hydrogen) atoms. The van der Waals surface area contributed by atoms with E-state index >= 15 is 0 Å². The van der Waals surface area contributed by atoms with Gasteiger partial charge < -0.3 is 9.80 Å². The van der Waals surface area contributed by atoms with Crippen LogP contribution in [0.15, 0.2) is 140 Å². The van der Waals surface area contributed by atoms with Crippen LogP contribution in [0.25, 0.3) is 22.3 Å². The molecule has 2 heterocycles. The van der Waals surface area contributed by atoms with Crippen molar-refractivity contribution in [3.8, 4) is 22.3 Å². The van der Waals surface area contributed by atoms with Crippen LogP contribution in [0.4, 0.5) is 34.1 Å². The number of aryl methyl sites for hydroxylation is 2. The van der Waals surface area contributed by atoms with Crippen molar-refractivity contribution in [2.45, 2.75) is 111 Å². The molecule has 0 fully saturated rings. The second-order valence-corrected chi connectivity index (χ2v) is 21.7. The zero-order valence-corrected chi connectivity index (χ0v) is 38.5. The number of benzene rings is 7. The van der Waals surface area contributed by atoms with Crippen molar-refractivity contribution in [2.24, 2.45) is 0 Å². The fraction of sp³-hybridized carbons (Fsp3) is 0.288. The fourth-order valence-electron chi connectivity index (χ4n) is 11.2. The van der Waals surface area contributed by atoms with Gasteiger partial charge in [0.15, 0.2) is 0 Å². The quantitative estimate of drug-likeness (QED) is 0.163. The van der Waals surface area contributed by atoms with Crippen LogP contribution in [0.5, 0.6) is 0 Å². The van der Waals surface area contributed by atoms with Gasteiger partial charge >= 0.3 is 0 Å². The second kappa shape index (κ2) is 13.9. The summed E-state index contributed by atoms with van der Waals surface area (Å²) in [4.78, 5) is 4.83. The van der Waals surface area contributed by atoms with E-state index in [1.54, 1.807) is 0 Å². The number of nitrogens with zero attached hydrogens (tertiary/aromatic N) is 2. The fourth-order valence-corrected chi connectivity index (χ4v) is 11.2. The summed E-state index contributed by atoms with van der Waals surface area (Å²) in [5.41, 5.74) is 20.6. The van der Waals surface area contributed by atoms with Gasteiger partial charge in [0, 0.05) is 38.1 Å². The van der Waals surface area contributed by atoms with Gasteiger partial charge in [-0.1, -0.05) is 166 Å². The third kappa shape index (κ3) is 6.37. The normalized spacial score (nSPS) is 16.8. The molecule has 0 saturated heterocycles. The molecule has 3 aliphatic rings. The van der Waals surface area contributed by atoms with Crippen molar-refractivity contribution in [3.05, 3.63) is 173 Å². The monoisotopic (exact) mass is 812 g/mol. The van der Waals surface area contributed by atoms with Gasteiger partial charge in [-0.25, -0.2) is 0 Å². The van der Waals surface area contributed by atoms with E-state index in [1.165, 1.54) is 33.2 Å². The van der Waals surface area contributed by atoms with Crippen molar-refractivity contribution in [2.75, 3.05) is 9.80 Å². The van der Waals surface area contributed by atoms with Crippen molar-refractivity contribution >= 4 is 57.2 Å². The van der Waals surface area contributed by atoms with Gasteiger partial charge in [0.2, 0.25) is 0 Å². The Morgan fingerprint density at radius 3 is 1.66 bits per heavy atom. The smallest absolute Gasteiger partial charge is 0.252 e. The Morgan fingerprint density at radius 2 is 1.05 bits per heavy atom. The van der Waals surface area contributed by atoms with Crippen LogP contribution in [0.2, 0.25) is 0 Å². The molecule has 2 aliphatic heterocycles. The lowest BCUT2D eigenvalue weighted by Gasteiger charge is -2.46. The first-order valence-corrected chi connectivity index (χ1v) is 22.5. The Hall–Kier alpha value is -5.80. The van der Waals surface area contributed by atoms with Crippen LogP contribution >= 0.6 is 0 Å². The van der Waals surface area contributed by atoms with Crippen molar-refractivity contribution in [3.63, 3.8) is 0 Å². The summed E-state index contributed by atoms with van der Waals surface area (Å²) in [6.07, 6.45) is 1.04. The summed E-state index contributed by atoms with van der Waals surface area (Å²) >= 11 is 0. The van der Waals surface area contributed by atoms with Gasteiger partial charge in [-0.2, -0.15) is 0 Å². The molecule has 2 nitrogen and oxygen atoms in total. The van der Waals surface area contributed by atoms with E-state index in [-0.39, 0.29) is 28.4 Å². The van der Waals surface area contributed by atoms with Gasteiger partial charge in [-0.05, 0) is 151 Å². The highest BCUT2D eigenvalue weighted by Gasteiger charge is 2.48. The van der Waals surface area contributed by atoms with E-state index in [1.807, 2.05) is 12.1 Å². The molecule has 0 radical (unpaired) electrons. The van der Waals surface area contributed by atoms with Crippen LogP contribution in [-0.4, -0.2) is 6.71 Å². The summed E-state index contributed by atoms with van der Waals surface area (Å²) in [6.45, 7) is 22.9. The second-order valence-electron chi connectivity index (χ2n) is 21.7. The lowest BCUT2D eigenvalue weighted by molar-refractivity contribution is 0.403. The topological polar surface area (TPSA) is 6.48 Å². The van der Waals surface area contributed by atoms with E-state index in [0.29, 0.717) is 5.56 Å². The number of anilines is 6. The highest BCUT2D eigenvalue weighted by Crippen LogP contribution is 2.54. The van der Waals surface area contributed by atoms with Crippen molar-refractivity contribution in [1.29, 1.82) is 0 Å². The van der Waals surface area contributed by atoms with E-state index in [9.17, 15) is 0 Å². The molecular formula is C59H61BN2. The lowest BCUT2D eigenvalue weighted by atomic mass is 9.33. The largest absolute Gasteiger partial charge is 0.311 e. The third-order valence-electron chi connectivity index (χ3n) is 14.2. The number of fused-ring (bicyclic) bond motifs is 5. The molecule has 0 spiro atoms. The highest BCUT2D eigenvalue weighted by molar-refractivity contribution is 7.00. The molecule has 0 atom stereocenters. The standard InChI is InChI=1S/C59H61BN2/c1-37-29-53-55-54(30-37)62(51-31-41(24-23-38(51)2)39-19-15-13-16-20-39)50-28-26-43(57(6,7)8)33-47(50)60(55)48-34-45-46(59(11,12)36-58(45,9)10)35-52(48)61(53)49-27-25-42(56(3,4)5)32-44(49)40-21-17-14-18-22-40/h13-35H,36H2,1-12H3/i1D3. The van der Waals surface area contributed by atoms with Crippen LogP contribution < -0.4 is 26.2 Å². The maximum Gasteiger partial charge on any atom is 0.252 e. The molecule has 0 amide bonds. The Balaban J connectivity index is 1.38. The molecule has 7 aromatic rings. The predicted octanol–water partition coefficient (Wildman–Crippen LogP) is 14.3. The van der Waals surface area contributed by atoms with Gasteiger partial charge in [0.25, 0.3) is 6.71 Å². The average Bonchev–Trinajstić information content (AvgIpc) is 3.43. The van der Waals surface area contributed by atoms with Gasteiger partial charge in [-0.3, -0.25) is 0 Å². The molecule has 10 rings (SSSR count). The zero-order chi connectivity index (χ0) is 46.2. The predicted molar refractivity (Wildman–Crippen MR) is 269 cm³/mol. The van der Waals surface area contributed by atoms with E-state index in [2.05, 4.69) is 213 Å². The SMILES string of the molecule is [2H]C([2H])([2H])c1cc2c3c(c1)N(c1ccc(C(C)(C)C)cc1-c1ccccc1)c1cc4c(cc1B3c1cc(C(C)(C)C)ccc1N2c1cc(-c2ccccc2)ccc1C)C(C)(C)CC4(C)C. The maximum atomic E-state index is 9.11. The Kier molecular flexibility index (Phi) is 8.23. The maximum absolute atomic E-state index is 9.11. The molecule has 1 aliphatic carbocycles. The molecule has 0 aromatic heterocycles. The summed E-state index contributed by atoms with van der Waals surface area (Å²) in [5, 5.41) is 0. The minimum absolute atomic E-state index is 0.0394. The van der Waals surface area contributed by atoms with Gasteiger partial charge in [0.05, 0.1) is 5.69 Å². The Bertz CT molecular complexity index is 3040. The molecule has 7 aromatic carbocycles. The molecule has 0 N–H and O–H groups in total. The number of hydrogen-bond acceptors (Lipinski definition) is 2. The zero-order valence-electron chi connectivity index (χ0n) is 41.5. The van der Waals surface area contributed by atoms with E-state index in [4.69, 9.17) is 4.11 Å². The Labute approximate surface area is 376 Å². The van der Waals surface area contributed by atoms with Gasteiger partial charge in [-0.15, -0.1) is 0 Å². The molecule has 0 bridgehead atoms. The Morgan fingerprint density at radius 1 is 0.500 bits per heavy atom. The first-order chi connectivity index (χ1) is 30.5.